The Morgan fingerprint density at radius 1 is 1.47 bits per heavy atom. The van der Waals surface area contributed by atoms with E-state index >= 15 is 0 Å². The molecule has 0 saturated heterocycles. The Kier molecular flexibility index (Phi) is 2.18. The van der Waals surface area contributed by atoms with Crippen molar-refractivity contribution in [3.05, 3.63) is 29.3 Å². The fourth-order valence-electron chi connectivity index (χ4n) is 2.18. The molecule has 1 aromatic rings. The lowest BCUT2D eigenvalue weighted by molar-refractivity contribution is -0.137. The molecule has 2 rings (SSSR count). The largest absolute Gasteiger partial charge is 0.508 e. The van der Waals surface area contributed by atoms with Gasteiger partial charge in [0.25, 0.3) is 0 Å². The van der Waals surface area contributed by atoms with Gasteiger partial charge in [0.2, 0.25) is 0 Å². The summed E-state index contributed by atoms with van der Waals surface area (Å²) in [5.41, 5.74) is 1.59. The van der Waals surface area contributed by atoms with E-state index in [-0.39, 0.29) is 17.6 Å². The van der Waals surface area contributed by atoms with E-state index in [1.807, 2.05) is 13.0 Å². The minimum atomic E-state index is -0.768. The average molecular weight is 206 g/mol. The van der Waals surface area contributed by atoms with E-state index in [1.165, 1.54) is 0 Å². The molecule has 0 radical (unpaired) electrons. The third-order valence-electron chi connectivity index (χ3n) is 3.22. The fourth-order valence-corrected chi connectivity index (χ4v) is 2.18. The zero-order valence-electron chi connectivity index (χ0n) is 8.66. The number of aliphatic carboxylic acids is 1. The second-order valence-corrected chi connectivity index (χ2v) is 4.30. The molecule has 0 atom stereocenters. The van der Waals surface area contributed by atoms with Crippen molar-refractivity contribution in [1.82, 2.24) is 0 Å². The molecule has 2 N–H and O–H groups in total. The summed E-state index contributed by atoms with van der Waals surface area (Å²) in [7, 11) is 0. The van der Waals surface area contributed by atoms with Crippen LogP contribution in [0.1, 0.15) is 30.4 Å². The molecule has 0 amide bonds. The number of carboxylic acids is 1. The van der Waals surface area contributed by atoms with Gasteiger partial charge in [-0.25, -0.2) is 0 Å². The van der Waals surface area contributed by atoms with Crippen molar-refractivity contribution in [3.8, 4) is 5.75 Å². The Hall–Kier alpha value is -1.51. The molecule has 0 heterocycles. The van der Waals surface area contributed by atoms with Crippen molar-refractivity contribution >= 4 is 5.97 Å². The molecule has 1 aliphatic rings. The first-order chi connectivity index (χ1) is 7.05. The summed E-state index contributed by atoms with van der Waals surface area (Å²) >= 11 is 0. The third kappa shape index (κ3) is 1.69. The number of phenolic OH excluding ortho intramolecular Hbond substituents is 1. The summed E-state index contributed by atoms with van der Waals surface area (Å²) in [6, 6.07) is 5.33. The predicted octanol–water partition coefficient (Wildman–Crippen LogP) is 2.21. The molecule has 3 heteroatoms. The Morgan fingerprint density at radius 3 is 2.67 bits per heavy atom. The summed E-state index contributed by atoms with van der Waals surface area (Å²) in [5, 5.41) is 18.4. The van der Waals surface area contributed by atoms with E-state index in [4.69, 9.17) is 5.11 Å². The lowest BCUT2D eigenvalue weighted by Crippen LogP contribution is -2.14. The maximum atomic E-state index is 10.8. The molecule has 0 aromatic heterocycles. The Balaban J connectivity index is 2.37. The standard InChI is InChI=1S/C12H14O3/c1-8-9(3-2-4-10(8)13)12(5-6-12)7-11(14)15/h2-4,13H,5-7H2,1H3,(H,14,15). The van der Waals surface area contributed by atoms with Crippen LogP contribution in [-0.2, 0) is 10.2 Å². The highest BCUT2D eigenvalue weighted by molar-refractivity contribution is 5.70. The van der Waals surface area contributed by atoms with Gasteiger partial charge in [-0.2, -0.15) is 0 Å². The maximum Gasteiger partial charge on any atom is 0.304 e. The van der Waals surface area contributed by atoms with Crippen LogP contribution < -0.4 is 0 Å². The summed E-state index contributed by atoms with van der Waals surface area (Å²) in [6.45, 7) is 1.84. The number of rotatable bonds is 3. The van der Waals surface area contributed by atoms with E-state index in [9.17, 15) is 9.90 Å². The predicted molar refractivity (Wildman–Crippen MR) is 56.0 cm³/mol. The van der Waals surface area contributed by atoms with Gasteiger partial charge in [-0.15, -0.1) is 0 Å². The number of phenols is 1. The van der Waals surface area contributed by atoms with Crippen LogP contribution in [0.2, 0.25) is 0 Å². The Labute approximate surface area is 88.4 Å². The van der Waals surface area contributed by atoms with Crippen LogP contribution in [-0.4, -0.2) is 16.2 Å². The molecule has 1 saturated carbocycles. The highest BCUT2D eigenvalue weighted by Crippen LogP contribution is 2.52. The minimum Gasteiger partial charge on any atom is -0.508 e. The van der Waals surface area contributed by atoms with Gasteiger partial charge in [-0.3, -0.25) is 4.79 Å². The summed E-state index contributed by atoms with van der Waals surface area (Å²) in [4.78, 5) is 10.8. The quantitative estimate of drug-likeness (QED) is 0.797. The molecule has 1 aromatic carbocycles. The molecule has 15 heavy (non-hydrogen) atoms. The number of benzene rings is 1. The van der Waals surface area contributed by atoms with Crippen LogP contribution in [0.15, 0.2) is 18.2 Å². The van der Waals surface area contributed by atoms with Gasteiger partial charge in [-0.1, -0.05) is 12.1 Å². The molecule has 1 aliphatic carbocycles. The number of hydrogen-bond acceptors (Lipinski definition) is 2. The first kappa shape index (κ1) is 10.0. The normalized spacial score (nSPS) is 17.4. The number of carbonyl (C=O) groups is 1. The molecule has 0 spiro atoms. The van der Waals surface area contributed by atoms with Crippen molar-refractivity contribution < 1.29 is 15.0 Å². The van der Waals surface area contributed by atoms with Crippen molar-refractivity contribution in [1.29, 1.82) is 0 Å². The number of hydrogen-bond donors (Lipinski definition) is 2. The van der Waals surface area contributed by atoms with Gasteiger partial charge >= 0.3 is 5.97 Å². The van der Waals surface area contributed by atoms with Crippen molar-refractivity contribution in [2.75, 3.05) is 0 Å². The number of carboxylic acid groups (broad SMARTS) is 1. The maximum absolute atomic E-state index is 10.8. The minimum absolute atomic E-state index is 0.164. The highest BCUT2D eigenvalue weighted by Gasteiger charge is 2.46. The van der Waals surface area contributed by atoms with Gasteiger partial charge in [0.05, 0.1) is 6.42 Å². The van der Waals surface area contributed by atoms with Crippen LogP contribution in [0.25, 0.3) is 0 Å². The van der Waals surface area contributed by atoms with Gasteiger partial charge in [0.15, 0.2) is 0 Å². The topological polar surface area (TPSA) is 57.5 Å². The lowest BCUT2D eigenvalue weighted by atomic mass is 9.89. The van der Waals surface area contributed by atoms with E-state index in [1.54, 1.807) is 12.1 Å². The van der Waals surface area contributed by atoms with Crippen molar-refractivity contribution in [2.45, 2.75) is 31.6 Å². The van der Waals surface area contributed by atoms with Gasteiger partial charge in [-0.05, 0) is 37.0 Å². The van der Waals surface area contributed by atoms with E-state index in [0.717, 1.165) is 24.0 Å². The third-order valence-corrected chi connectivity index (χ3v) is 3.22. The van der Waals surface area contributed by atoms with E-state index in [0.29, 0.717) is 0 Å². The molecule has 0 aliphatic heterocycles. The molecule has 80 valence electrons. The van der Waals surface area contributed by atoms with Gasteiger partial charge < -0.3 is 10.2 Å². The monoisotopic (exact) mass is 206 g/mol. The van der Waals surface area contributed by atoms with Gasteiger partial charge in [0, 0.05) is 5.41 Å². The van der Waals surface area contributed by atoms with Crippen LogP contribution in [0.5, 0.6) is 5.75 Å². The van der Waals surface area contributed by atoms with Crippen molar-refractivity contribution in [3.63, 3.8) is 0 Å². The van der Waals surface area contributed by atoms with E-state index < -0.39 is 5.97 Å². The highest BCUT2D eigenvalue weighted by atomic mass is 16.4. The van der Waals surface area contributed by atoms with Gasteiger partial charge in [0.1, 0.15) is 5.75 Å². The fraction of sp³-hybridized carbons (Fsp3) is 0.417. The first-order valence-electron chi connectivity index (χ1n) is 5.06. The lowest BCUT2D eigenvalue weighted by Gasteiger charge is -2.16. The summed E-state index contributed by atoms with van der Waals surface area (Å²) < 4.78 is 0. The summed E-state index contributed by atoms with van der Waals surface area (Å²) in [6.07, 6.45) is 1.98. The molecular formula is C12H14O3. The second kappa shape index (κ2) is 3.26. The van der Waals surface area contributed by atoms with E-state index in [2.05, 4.69) is 0 Å². The number of aromatic hydroxyl groups is 1. The molecule has 0 unspecified atom stereocenters. The van der Waals surface area contributed by atoms with Crippen LogP contribution in [0.4, 0.5) is 0 Å². The molecular weight excluding hydrogens is 192 g/mol. The van der Waals surface area contributed by atoms with Crippen molar-refractivity contribution in [2.24, 2.45) is 0 Å². The Morgan fingerprint density at radius 2 is 2.13 bits per heavy atom. The SMILES string of the molecule is Cc1c(O)cccc1C1(CC(=O)O)CC1. The molecule has 1 fully saturated rings. The molecule has 3 nitrogen and oxygen atoms in total. The summed E-state index contributed by atoms with van der Waals surface area (Å²) in [5.74, 6) is -0.514. The zero-order chi connectivity index (χ0) is 11.1. The molecule has 0 bridgehead atoms. The van der Waals surface area contributed by atoms with Crippen LogP contribution >= 0.6 is 0 Å². The van der Waals surface area contributed by atoms with Crippen LogP contribution in [0.3, 0.4) is 0 Å². The first-order valence-corrected chi connectivity index (χ1v) is 5.06. The Bertz CT molecular complexity index is 405. The average Bonchev–Trinajstić information content (AvgIpc) is 2.89. The smallest absolute Gasteiger partial charge is 0.304 e. The second-order valence-electron chi connectivity index (χ2n) is 4.30. The van der Waals surface area contributed by atoms with Crippen LogP contribution in [0, 0.1) is 6.92 Å². The zero-order valence-corrected chi connectivity index (χ0v) is 8.66.